The van der Waals surface area contributed by atoms with Gasteiger partial charge in [-0.1, -0.05) is 0 Å². The Kier molecular flexibility index (Phi) is 4.84. The first-order valence-electron chi connectivity index (χ1n) is 4.78. The van der Waals surface area contributed by atoms with Crippen LogP contribution in [0.3, 0.4) is 0 Å². The molecule has 0 spiro atoms. The van der Waals surface area contributed by atoms with Gasteiger partial charge >= 0.3 is 5.97 Å². The molecule has 1 aromatic rings. The number of methoxy groups -OCH3 is 1. The molecular weight excluding hydrogens is 242 g/mol. The average Bonchev–Trinajstić information content (AvgIpc) is 2.28. The molecule has 1 rings (SSSR count). The number of thioether (sulfide) groups is 1. The Bertz CT molecular complexity index is 433. The van der Waals surface area contributed by atoms with Crippen molar-refractivity contribution in [3.63, 3.8) is 0 Å². The summed E-state index contributed by atoms with van der Waals surface area (Å²) < 4.78 is 4.95. The number of carbonyl (C=O) groups excluding carboxylic acids is 1. The van der Waals surface area contributed by atoms with E-state index in [1.807, 2.05) is 6.26 Å². The Morgan fingerprint density at radius 1 is 1.47 bits per heavy atom. The fourth-order valence-electron chi connectivity index (χ4n) is 1.27. The van der Waals surface area contributed by atoms with E-state index in [0.29, 0.717) is 11.4 Å². The lowest BCUT2D eigenvalue weighted by atomic mass is 10.2. The number of anilines is 1. The summed E-state index contributed by atoms with van der Waals surface area (Å²) in [6.45, 7) is 0. The number of hydrogen-bond acceptors (Lipinski definition) is 4. The summed E-state index contributed by atoms with van der Waals surface area (Å²) in [5.41, 5.74) is 0.585. The third-order valence-electron chi connectivity index (χ3n) is 1.99. The number of carboxylic acid groups (broad SMARTS) is 1. The molecule has 0 bridgehead atoms. The predicted octanol–water partition coefficient (Wildman–Crippen LogP) is 1.69. The van der Waals surface area contributed by atoms with Crippen LogP contribution in [0.1, 0.15) is 10.4 Å². The molecule has 92 valence electrons. The molecule has 17 heavy (non-hydrogen) atoms. The minimum Gasteiger partial charge on any atom is -0.496 e. The predicted molar refractivity (Wildman–Crippen MR) is 67.0 cm³/mol. The van der Waals surface area contributed by atoms with Crippen molar-refractivity contribution < 1.29 is 19.4 Å². The fraction of sp³-hybridized carbons (Fsp3) is 0.273. The number of aromatic carboxylic acids is 1. The van der Waals surface area contributed by atoms with Crippen LogP contribution in [-0.4, -0.2) is 36.1 Å². The third kappa shape index (κ3) is 3.67. The highest BCUT2D eigenvalue weighted by molar-refractivity contribution is 7.99. The Balaban J connectivity index is 2.90. The number of amides is 1. The van der Waals surface area contributed by atoms with Gasteiger partial charge in [0.25, 0.3) is 0 Å². The lowest BCUT2D eigenvalue weighted by molar-refractivity contribution is -0.113. The largest absolute Gasteiger partial charge is 0.496 e. The molecule has 0 aliphatic heterocycles. The van der Waals surface area contributed by atoms with E-state index >= 15 is 0 Å². The van der Waals surface area contributed by atoms with Gasteiger partial charge in [-0.15, -0.1) is 0 Å². The van der Waals surface area contributed by atoms with Crippen molar-refractivity contribution in [1.29, 1.82) is 0 Å². The molecule has 0 atom stereocenters. The van der Waals surface area contributed by atoms with Crippen molar-refractivity contribution in [2.75, 3.05) is 24.4 Å². The van der Waals surface area contributed by atoms with E-state index in [2.05, 4.69) is 5.32 Å². The molecule has 0 aromatic heterocycles. The van der Waals surface area contributed by atoms with Gasteiger partial charge in [-0.05, 0) is 18.4 Å². The van der Waals surface area contributed by atoms with Gasteiger partial charge < -0.3 is 15.2 Å². The van der Waals surface area contributed by atoms with E-state index in [-0.39, 0.29) is 17.2 Å². The van der Waals surface area contributed by atoms with E-state index in [1.54, 1.807) is 0 Å². The maximum Gasteiger partial charge on any atom is 0.339 e. The molecule has 1 aromatic carbocycles. The summed E-state index contributed by atoms with van der Waals surface area (Å²) in [6, 6.07) is 4.42. The maximum absolute atomic E-state index is 11.3. The van der Waals surface area contributed by atoms with Crippen LogP contribution in [-0.2, 0) is 4.79 Å². The van der Waals surface area contributed by atoms with Crippen molar-refractivity contribution in [2.45, 2.75) is 0 Å². The monoisotopic (exact) mass is 255 g/mol. The van der Waals surface area contributed by atoms with E-state index in [1.165, 1.54) is 37.1 Å². The highest BCUT2D eigenvalue weighted by Crippen LogP contribution is 2.23. The first-order chi connectivity index (χ1) is 8.08. The second-order valence-corrected chi connectivity index (χ2v) is 4.07. The summed E-state index contributed by atoms with van der Waals surface area (Å²) in [7, 11) is 1.38. The minimum atomic E-state index is -1.07. The lowest BCUT2D eigenvalue weighted by Gasteiger charge is -2.08. The van der Waals surface area contributed by atoms with E-state index in [0.717, 1.165) is 0 Å². The Labute approximate surface area is 103 Å². The zero-order valence-electron chi connectivity index (χ0n) is 9.52. The van der Waals surface area contributed by atoms with Crippen LogP contribution in [0, 0.1) is 0 Å². The van der Waals surface area contributed by atoms with Crippen LogP contribution in [0.25, 0.3) is 0 Å². The van der Waals surface area contributed by atoms with E-state index in [9.17, 15) is 9.59 Å². The molecule has 6 heteroatoms. The number of carbonyl (C=O) groups is 2. The van der Waals surface area contributed by atoms with Gasteiger partial charge in [-0.2, -0.15) is 11.8 Å². The molecule has 5 nitrogen and oxygen atoms in total. The molecule has 0 saturated carbocycles. The Morgan fingerprint density at radius 2 is 2.18 bits per heavy atom. The molecule has 0 radical (unpaired) electrons. The first kappa shape index (κ1) is 13.4. The number of ether oxygens (including phenoxy) is 1. The van der Waals surface area contributed by atoms with Crippen LogP contribution in [0.2, 0.25) is 0 Å². The fourth-order valence-corrected chi connectivity index (χ4v) is 1.61. The summed E-state index contributed by atoms with van der Waals surface area (Å²) in [5.74, 6) is -0.630. The summed E-state index contributed by atoms with van der Waals surface area (Å²) in [4.78, 5) is 22.2. The summed E-state index contributed by atoms with van der Waals surface area (Å²) in [5, 5.41) is 11.5. The Hall–Kier alpha value is -1.69. The average molecular weight is 255 g/mol. The molecule has 0 aliphatic carbocycles. The van der Waals surface area contributed by atoms with Gasteiger partial charge in [0, 0.05) is 11.8 Å². The zero-order chi connectivity index (χ0) is 12.8. The van der Waals surface area contributed by atoms with Crippen molar-refractivity contribution in [3.8, 4) is 5.75 Å². The highest BCUT2D eigenvalue weighted by atomic mass is 32.2. The number of rotatable bonds is 5. The van der Waals surface area contributed by atoms with Crippen LogP contribution in [0.15, 0.2) is 18.2 Å². The molecule has 0 heterocycles. The zero-order valence-corrected chi connectivity index (χ0v) is 10.3. The van der Waals surface area contributed by atoms with Gasteiger partial charge in [0.15, 0.2) is 0 Å². The highest BCUT2D eigenvalue weighted by Gasteiger charge is 2.12. The maximum atomic E-state index is 11.3. The molecule has 1 amide bonds. The van der Waals surface area contributed by atoms with E-state index < -0.39 is 5.97 Å². The van der Waals surface area contributed by atoms with Crippen molar-refractivity contribution >= 4 is 29.3 Å². The van der Waals surface area contributed by atoms with Gasteiger partial charge in [0.05, 0.1) is 12.9 Å². The number of nitrogens with one attached hydrogen (secondary N) is 1. The summed E-state index contributed by atoms with van der Waals surface area (Å²) >= 11 is 1.41. The van der Waals surface area contributed by atoms with E-state index in [4.69, 9.17) is 9.84 Å². The van der Waals surface area contributed by atoms with Crippen LogP contribution >= 0.6 is 11.8 Å². The SMILES string of the molecule is COc1cc(NC(=O)CSC)ccc1C(=O)O. The molecular formula is C11H13NO4S. The second-order valence-electron chi connectivity index (χ2n) is 3.20. The second kappa shape index (κ2) is 6.15. The molecule has 0 saturated heterocycles. The normalized spacial score (nSPS) is 9.76. The quantitative estimate of drug-likeness (QED) is 0.837. The summed E-state index contributed by atoms with van der Waals surface area (Å²) in [6.07, 6.45) is 1.83. The minimum absolute atomic E-state index is 0.0652. The van der Waals surface area contributed by atoms with Gasteiger partial charge in [0.2, 0.25) is 5.91 Å². The molecule has 2 N–H and O–H groups in total. The van der Waals surface area contributed by atoms with Crippen molar-refractivity contribution in [3.05, 3.63) is 23.8 Å². The van der Waals surface area contributed by atoms with Crippen LogP contribution in [0.5, 0.6) is 5.75 Å². The molecule has 0 fully saturated rings. The third-order valence-corrected chi connectivity index (χ3v) is 2.54. The lowest BCUT2D eigenvalue weighted by Crippen LogP contribution is -2.14. The molecule has 0 unspecified atom stereocenters. The Morgan fingerprint density at radius 3 is 2.71 bits per heavy atom. The van der Waals surface area contributed by atoms with Crippen molar-refractivity contribution in [2.24, 2.45) is 0 Å². The topological polar surface area (TPSA) is 75.6 Å². The smallest absolute Gasteiger partial charge is 0.339 e. The number of hydrogen-bond donors (Lipinski definition) is 2. The standard InChI is InChI=1S/C11H13NO4S/c1-16-9-5-7(12-10(13)6-17-2)3-4-8(9)11(14)15/h3-5H,6H2,1-2H3,(H,12,13)(H,14,15). The first-order valence-corrected chi connectivity index (χ1v) is 6.18. The van der Waals surface area contributed by atoms with Gasteiger partial charge in [-0.25, -0.2) is 4.79 Å². The van der Waals surface area contributed by atoms with Crippen LogP contribution in [0.4, 0.5) is 5.69 Å². The van der Waals surface area contributed by atoms with Gasteiger partial charge in [0.1, 0.15) is 11.3 Å². The molecule has 0 aliphatic rings. The van der Waals surface area contributed by atoms with Gasteiger partial charge in [-0.3, -0.25) is 4.79 Å². The number of carboxylic acids is 1. The van der Waals surface area contributed by atoms with Crippen molar-refractivity contribution in [1.82, 2.24) is 0 Å². The van der Waals surface area contributed by atoms with Crippen LogP contribution < -0.4 is 10.1 Å². The number of benzene rings is 1.